The van der Waals surface area contributed by atoms with Gasteiger partial charge in [0.05, 0.1) is 37.2 Å². The fourth-order valence-electron chi connectivity index (χ4n) is 3.90. The van der Waals surface area contributed by atoms with E-state index in [1.165, 1.54) is 43.4 Å². The van der Waals surface area contributed by atoms with Crippen molar-refractivity contribution in [2.24, 2.45) is 5.92 Å². The van der Waals surface area contributed by atoms with Crippen LogP contribution in [0.5, 0.6) is 11.5 Å². The van der Waals surface area contributed by atoms with E-state index >= 15 is 0 Å². The number of methoxy groups -OCH3 is 2. The molecule has 3 aromatic rings. The van der Waals surface area contributed by atoms with Crippen molar-refractivity contribution in [3.63, 3.8) is 0 Å². The van der Waals surface area contributed by atoms with E-state index in [0.29, 0.717) is 22.7 Å². The van der Waals surface area contributed by atoms with Crippen LogP contribution in [-0.2, 0) is 9.59 Å². The predicted molar refractivity (Wildman–Crippen MR) is 129 cm³/mol. The molecule has 0 spiro atoms. The molecule has 4 rings (SSSR count). The van der Waals surface area contributed by atoms with Crippen molar-refractivity contribution < 1.29 is 28.2 Å². The van der Waals surface area contributed by atoms with Gasteiger partial charge < -0.3 is 25.0 Å². The van der Waals surface area contributed by atoms with Crippen LogP contribution in [0.4, 0.5) is 21.5 Å². The average molecular weight is 477 g/mol. The third-order valence-corrected chi connectivity index (χ3v) is 5.70. The van der Waals surface area contributed by atoms with Gasteiger partial charge in [0.15, 0.2) is 0 Å². The molecule has 9 heteroatoms. The fourth-order valence-corrected chi connectivity index (χ4v) is 3.90. The quantitative estimate of drug-likeness (QED) is 0.534. The number of rotatable bonds is 7. The first-order chi connectivity index (χ1) is 16.9. The molecule has 0 radical (unpaired) electrons. The summed E-state index contributed by atoms with van der Waals surface area (Å²) in [7, 11) is 2.87. The van der Waals surface area contributed by atoms with Gasteiger partial charge in [-0.15, -0.1) is 0 Å². The lowest BCUT2D eigenvalue weighted by Gasteiger charge is -2.19. The van der Waals surface area contributed by atoms with Crippen LogP contribution in [0.15, 0.2) is 66.7 Å². The molecule has 0 aliphatic carbocycles. The number of hydrogen-bond donors (Lipinski definition) is 2. The van der Waals surface area contributed by atoms with Gasteiger partial charge in [-0.25, -0.2) is 4.39 Å². The Morgan fingerprint density at radius 3 is 2.14 bits per heavy atom. The normalized spacial score (nSPS) is 15.0. The maximum atomic E-state index is 14.2. The van der Waals surface area contributed by atoms with E-state index < -0.39 is 17.6 Å². The standard InChI is InChI=1S/C26H24FN3O5/c1-34-22-14-20(23(35-2)13-19(22)28-25(32)16-8-4-3-5-9-16)29-26(33)17-12-24(31)30(15-17)21-11-7-6-10-18(21)27/h3-11,13-14,17H,12,15H2,1-2H3,(H,28,32)(H,29,33)/t17-/m1/s1. The van der Waals surface area contributed by atoms with Crippen molar-refractivity contribution in [1.29, 1.82) is 0 Å². The van der Waals surface area contributed by atoms with Gasteiger partial charge in [-0.1, -0.05) is 30.3 Å². The fraction of sp³-hybridized carbons (Fsp3) is 0.192. The van der Waals surface area contributed by atoms with Crippen LogP contribution in [0.1, 0.15) is 16.8 Å². The molecule has 0 unspecified atom stereocenters. The number of carbonyl (C=O) groups excluding carboxylic acids is 3. The first-order valence-corrected chi connectivity index (χ1v) is 10.9. The molecule has 0 saturated carbocycles. The molecule has 1 aliphatic heterocycles. The van der Waals surface area contributed by atoms with Crippen molar-refractivity contribution in [2.45, 2.75) is 6.42 Å². The van der Waals surface area contributed by atoms with E-state index in [1.807, 2.05) is 6.07 Å². The van der Waals surface area contributed by atoms with Gasteiger partial charge in [-0.05, 0) is 24.3 Å². The van der Waals surface area contributed by atoms with Crippen LogP contribution >= 0.6 is 0 Å². The molecule has 1 aliphatic rings. The van der Waals surface area contributed by atoms with E-state index in [1.54, 1.807) is 36.4 Å². The number of carbonyl (C=O) groups is 3. The molecule has 0 aromatic heterocycles. The van der Waals surface area contributed by atoms with Gasteiger partial charge in [-0.2, -0.15) is 0 Å². The van der Waals surface area contributed by atoms with E-state index in [2.05, 4.69) is 10.6 Å². The molecule has 35 heavy (non-hydrogen) atoms. The van der Waals surface area contributed by atoms with Gasteiger partial charge >= 0.3 is 0 Å². The van der Waals surface area contributed by atoms with Gasteiger partial charge in [-0.3, -0.25) is 14.4 Å². The number of amides is 3. The van der Waals surface area contributed by atoms with E-state index in [-0.39, 0.29) is 36.2 Å². The first-order valence-electron chi connectivity index (χ1n) is 10.9. The van der Waals surface area contributed by atoms with Crippen molar-refractivity contribution in [1.82, 2.24) is 0 Å². The van der Waals surface area contributed by atoms with Crippen LogP contribution in [0.25, 0.3) is 0 Å². The van der Waals surface area contributed by atoms with Crippen molar-refractivity contribution >= 4 is 34.8 Å². The van der Waals surface area contributed by atoms with Crippen molar-refractivity contribution in [3.05, 3.63) is 78.1 Å². The summed E-state index contributed by atoms with van der Waals surface area (Å²) >= 11 is 0. The lowest BCUT2D eigenvalue weighted by Crippen LogP contribution is -2.28. The number of ether oxygens (including phenoxy) is 2. The van der Waals surface area contributed by atoms with Crippen molar-refractivity contribution in [3.8, 4) is 11.5 Å². The number of anilines is 3. The summed E-state index contributed by atoms with van der Waals surface area (Å²) in [5, 5.41) is 5.55. The third-order valence-electron chi connectivity index (χ3n) is 5.70. The molecule has 0 bridgehead atoms. The highest BCUT2D eigenvalue weighted by atomic mass is 19.1. The maximum Gasteiger partial charge on any atom is 0.255 e. The molecular weight excluding hydrogens is 453 g/mol. The molecule has 3 amide bonds. The summed E-state index contributed by atoms with van der Waals surface area (Å²) in [6.45, 7) is 0.0519. The molecule has 3 aromatic carbocycles. The second-order valence-corrected chi connectivity index (χ2v) is 7.92. The lowest BCUT2D eigenvalue weighted by molar-refractivity contribution is -0.122. The highest BCUT2D eigenvalue weighted by molar-refractivity contribution is 6.06. The molecule has 8 nitrogen and oxygen atoms in total. The van der Waals surface area contributed by atoms with E-state index in [4.69, 9.17) is 9.47 Å². The minimum absolute atomic E-state index is 0.0508. The molecular formula is C26H24FN3O5. The zero-order chi connectivity index (χ0) is 24.9. The zero-order valence-corrected chi connectivity index (χ0v) is 19.2. The Labute approximate surface area is 201 Å². The Morgan fingerprint density at radius 2 is 1.51 bits per heavy atom. The number of nitrogens with one attached hydrogen (secondary N) is 2. The van der Waals surface area contributed by atoms with Crippen LogP contribution in [0.2, 0.25) is 0 Å². The van der Waals surface area contributed by atoms with Crippen LogP contribution in [0, 0.1) is 11.7 Å². The molecule has 1 atom stereocenters. The minimum Gasteiger partial charge on any atom is -0.494 e. The number of halogens is 1. The molecule has 1 fully saturated rings. The van der Waals surface area contributed by atoms with Gasteiger partial charge in [0, 0.05) is 30.7 Å². The largest absolute Gasteiger partial charge is 0.494 e. The Morgan fingerprint density at radius 1 is 0.914 bits per heavy atom. The van der Waals surface area contributed by atoms with Crippen LogP contribution in [0.3, 0.4) is 0 Å². The van der Waals surface area contributed by atoms with Gasteiger partial charge in [0.25, 0.3) is 5.91 Å². The second-order valence-electron chi connectivity index (χ2n) is 7.92. The topological polar surface area (TPSA) is 97.0 Å². The molecule has 2 N–H and O–H groups in total. The first kappa shape index (κ1) is 23.7. The lowest BCUT2D eigenvalue weighted by atomic mass is 10.1. The zero-order valence-electron chi connectivity index (χ0n) is 19.2. The van der Waals surface area contributed by atoms with E-state index in [9.17, 15) is 18.8 Å². The predicted octanol–water partition coefficient (Wildman–Crippen LogP) is 4.09. The maximum absolute atomic E-state index is 14.2. The summed E-state index contributed by atoms with van der Waals surface area (Å²) in [5.41, 5.74) is 1.28. The Bertz CT molecular complexity index is 1270. The van der Waals surface area contributed by atoms with Crippen LogP contribution in [-0.4, -0.2) is 38.5 Å². The summed E-state index contributed by atoms with van der Waals surface area (Å²) in [6, 6.07) is 17.7. The summed E-state index contributed by atoms with van der Waals surface area (Å²) in [5.74, 6) is -1.70. The van der Waals surface area contributed by atoms with Gasteiger partial charge in [0.2, 0.25) is 11.8 Å². The molecule has 180 valence electrons. The van der Waals surface area contributed by atoms with Crippen LogP contribution < -0.4 is 25.0 Å². The second kappa shape index (κ2) is 10.3. The number of hydrogen-bond acceptors (Lipinski definition) is 5. The smallest absolute Gasteiger partial charge is 0.255 e. The molecule has 1 saturated heterocycles. The molecule has 1 heterocycles. The third kappa shape index (κ3) is 5.08. The Hall–Kier alpha value is -4.40. The highest BCUT2D eigenvalue weighted by Gasteiger charge is 2.36. The van der Waals surface area contributed by atoms with Gasteiger partial charge in [0.1, 0.15) is 17.3 Å². The summed E-state index contributed by atoms with van der Waals surface area (Å²) < 4.78 is 25.0. The number of para-hydroxylation sites is 1. The summed E-state index contributed by atoms with van der Waals surface area (Å²) in [4.78, 5) is 39.3. The Balaban J connectivity index is 1.52. The minimum atomic E-state index is -0.685. The highest BCUT2D eigenvalue weighted by Crippen LogP contribution is 2.37. The Kier molecular flexibility index (Phi) is 6.96. The summed E-state index contributed by atoms with van der Waals surface area (Å²) in [6.07, 6.45) is -0.0508. The average Bonchev–Trinajstić information content (AvgIpc) is 3.26. The van der Waals surface area contributed by atoms with Crippen molar-refractivity contribution in [2.75, 3.05) is 36.3 Å². The van der Waals surface area contributed by atoms with E-state index in [0.717, 1.165) is 0 Å². The number of nitrogens with zero attached hydrogens (tertiary/aromatic N) is 1. The SMILES string of the molecule is COc1cc(NC(=O)[C@@H]2CC(=O)N(c3ccccc3F)C2)c(OC)cc1NC(=O)c1ccccc1. The number of benzene rings is 3. The monoisotopic (exact) mass is 477 g/mol.